The summed E-state index contributed by atoms with van der Waals surface area (Å²) in [7, 11) is 0. The van der Waals surface area contributed by atoms with Crippen molar-refractivity contribution >= 4 is 23.4 Å². The number of anilines is 1. The summed E-state index contributed by atoms with van der Waals surface area (Å²) in [6.07, 6.45) is 2.24. The molecule has 0 radical (unpaired) electrons. The minimum absolute atomic E-state index is 0.0400. The van der Waals surface area contributed by atoms with Gasteiger partial charge >= 0.3 is 0 Å². The van der Waals surface area contributed by atoms with Crippen LogP contribution < -0.4 is 16.4 Å². The number of carbonyl (C=O) groups excluding carboxylic acids is 1. The van der Waals surface area contributed by atoms with E-state index in [9.17, 15) is 4.79 Å². The van der Waals surface area contributed by atoms with Crippen LogP contribution in [0.3, 0.4) is 0 Å². The topological polar surface area (TPSA) is 67.2 Å². The Morgan fingerprint density at radius 3 is 3.06 bits per heavy atom. The third-order valence-electron chi connectivity index (χ3n) is 3.38. The van der Waals surface area contributed by atoms with E-state index in [2.05, 4.69) is 22.8 Å². The Labute approximate surface area is 111 Å². The van der Waals surface area contributed by atoms with E-state index in [-0.39, 0.29) is 11.4 Å². The predicted octanol–water partition coefficient (Wildman–Crippen LogP) is 1.31. The maximum atomic E-state index is 11.3. The Hall–Kier alpha value is -1.04. The highest BCUT2D eigenvalue weighted by atomic mass is 32.2. The van der Waals surface area contributed by atoms with Crippen molar-refractivity contribution in [3.8, 4) is 0 Å². The molecule has 2 aliphatic rings. The molecule has 3 rings (SSSR count). The Kier molecular flexibility index (Phi) is 3.05. The van der Waals surface area contributed by atoms with Gasteiger partial charge in [-0.15, -0.1) is 11.8 Å². The van der Waals surface area contributed by atoms with Crippen molar-refractivity contribution in [1.29, 1.82) is 0 Å². The van der Waals surface area contributed by atoms with Gasteiger partial charge in [0.05, 0.1) is 11.4 Å². The molecule has 0 bridgehead atoms. The summed E-state index contributed by atoms with van der Waals surface area (Å²) in [5, 5.41) is 6.28. The molecule has 1 aromatic carbocycles. The zero-order chi connectivity index (χ0) is 12.6. The van der Waals surface area contributed by atoms with Crippen molar-refractivity contribution in [3.05, 3.63) is 23.8 Å². The highest BCUT2D eigenvalue weighted by Crippen LogP contribution is 2.32. The SMILES string of the molecule is NC1(CNCc2ccc3c(c2)NC(=O)CS3)CC1. The molecule has 1 fully saturated rings. The number of hydrogen-bond acceptors (Lipinski definition) is 4. The van der Waals surface area contributed by atoms with Crippen molar-refractivity contribution in [2.24, 2.45) is 5.73 Å². The fraction of sp³-hybridized carbons (Fsp3) is 0.462. The first-order chi connectivity index (χ1) is 8.65. The molecule has 1 heterocycles. The second-order valence-electron chi connectivity index (χ2n) is 5.13. The molecule has 1 aromatic rings. The van der Waals surface area contributed by atoms with Gasteiger partial charge in [0, 0.05) is 23.5 Å². The summed E-state index contributed by atoms with van der Waals surface area (Å²) in [6.45, 7) is 1.66. The standard InChI is InChI=1S/C13H17N3OS/c14-13(3-4-13)8-15-6-9-1-2-11-10(5-9)16-12(17)7-18-11/h1-2,5,15H,3-4,6-8,14H2,(H,16,17). The third kappa shape index (κ3) is 2.68. The van der Waals surface area contributed by atoms with Crippen LogP contribution in [-0.4, -0.2) is 23.7 Å². The van der Waals surface area contributed by atoms with E-state index in [0.717, 1.165) is 36.5 Å². The molecule has 0 atom stereocenters. The number of thioether (sulfide) groups is 1. The minimum atomic E-state index is 0.0400. The lowest BCUT2D eigenvalue weighted by Crippen LogP contribution is -2.35. The number of fused-ring (bicyclic) bond motifs is 1. The Bertz CT molecular complexity index is 485. The number of benzene rings is 1. The lowest BCUT2D eigenvalue weighted by molar-refractivity contribution is -0.113. The summed E-state index contributed by atoms with van der Waals surface area (Å²) in [5.74, 6) is 0.594. The first-order valence-corrected chi connectivity index (χ1v) is 7.18. The number of nitrogens with one attached hydrogen (secondary N) is 2. The lowest BCUT2D eigenvalue weighted by Gasteiger charge is -2.17. The molecule has 96 valence electrons. The van der Waals surface area contributed by atoms with E-state index in [4.69, 9.17) is 5.73 Å². The Morgan fingerprint density at radius 1 is 1.44 bits per heavy atom. The van der Waals surface area contributed by atoms with Crippen LogP contribution in [0.2, 0.25) is 0 Å². The number of amides is 1. The van der Waals surface area contributed by atoms with Gasteiger partial charge in [-0.1, -0.05) is 6.07 Å². The quantitative estimate of drug-likeness (QED) is 0.766. The number of rotatable bonds is 4. The Morgan fingerprint density at radius 2 is 2.28 bits per heavy atom. The van der Waals surface area contributed by atoms with E-state index in [1.807, 2.05) is 6.07 Å². The summed E-state index contributed by atoms with van der Waals surface area (Å²) in [5.41, 5.74) is 8.17. The van der Waals surface area contributed by atoms with Crippen LogP contribution in [0.4, 0.5) is 5.69 Å². The van der Waals surface area contributed by atoms with E-state index in [1.54, 1.807) is 11.8 Å². The molecular formula is C13H17N3OS. The van der Waals surface area contributed by atoms with Crippen LogP contribution in [0.1, 0.15) is 18.4 Å². The van der Waals surface area contributed by atoms with Crippen molar-refractivity contribution < 1.29 is 4.79 Å². The highest BCUT2D eigenvalue weighted by Gasteiger charge is 2.37. The molecule has 4 nitrogen and oxygen atoms in total. The molecule has 0 spiro atoms. The van der Waals surface area contributed by atoms with Crippen LogP contribution in [0.5, 0.6) is 0 Å². The smallest absolute Gasteiger partial charge is 0.234 e. The zero-order valence-corrected chi connectivity index (χ0v) is 11.0. The first-order valence-electron chi connectivity index (χ1n) is 6.20. The van der Waals surface area contributed by atoms with Crippen molar-refractivity contribution in [3.63, 3.8) is 0 Å². The monoisotopic (exact) mass is 263 g/mol. The summed E-state index contributed by atoms with van der Waals surface area (Å²) in [6, 6.07) is 6.22. The second-order valence-corrected chi connectivity index (χ2v) is 6.15. The average molecular weight is 263 g/mol. The predicted molar refractivity (Wildman–Crippen MR) is 73.7 cm³/mol. The molecule has 4 N–H and O–H groups in total. The molecule has 1 aliphatic carbocycles. The van der Waals surface area contributed by atoms with E-state index < -0.39 is 0 Å². The molecule has 0 saturated heterocycles. The molecule has 1 aliphatic heterocycles. The van der Waals surface area contributed by atoms with E-state index in [1.165, 1.54) is 5.56 Å². The fourth-order valence-corrected chi connectivity index (χ4v) is 2.82. The number of hydrogen-bond donors (Lipinski definition) is 3. The normalized spacial score (nSPS) is 20.2. The van der Waals surface area contributed by atoms with Crippen molar-refractivity contribution in [2.45, 2.75) is 29.8 Å². The van der Waals surface area contributed by atoms with E-state index in [0.29, 0.717) is 5.75 Å². The molecular weight excluding hydrogens is 246 g/mol. The maximum absolute atomic E-state index is 11.3. The first kappa shape index (κ1) is 12.0. The third-order valence-corrected chi connectivity index (χ3v) is 4.45. The van der Waals surface area contributed by atoms with Gasteiger partial charge in [-0.2, -0.15) is 0 Å². The van der Waals surface area contributed by atoms with Crippen molar-refractivity contribution in [1.82, 2.24) is 5.32 Å². The van der Waals surface area contributed by atoms with Crippen molar-refractivity contribution in [2.75, 3.05) is 17.6 Å². The molecule has 0 aromatic heterocycles. The van der Waals surface area contributed by atoms with Gasteiger partial charge in [0.15, 0.2) is 0 Å². The van der Waals surface area contributed by atoms with Gasteiger partial charge in [0.2, 0.25) is 5.91 Å². The van der Waals surface area contributed by atoms with Crippen LogP contribution in [0, 0.1) is 0 Å². The van der Waals surface area contributed by atoms with Crippen LogP contribution in [0.25, 0.3) is 0 Å². The van der Waals surface area contributed by atoms with Gasteiger partial charge in [-0.25, -0.2) is 0 Å². The summed E-state index contributed by atoms with van der Waals surface area (Å²) < 4.78 is 0. The summed E-state index contributed by atoms with van der Waals surface area (Å²) in [4.78, 5) is 12.5. The molecule has 0 unspecified atom stereocenters. The minimum Gasteiger partial charge on any atom is -0.324 e. The molecule has 18 heavy (non-hydrogen) atoms. The van der Waals surface area contributed by atoms with Gasteiger partial charge < -0.3 is 16.4 Å². The average Bonchev–Trinajstić information content (AvgIpc) is 3.07. The zero-order valence-electron chi connectivity index (χ0n) is 10.2. The van der Waals surface area contributed by atoms with Gasteiger partial charge in [-0.3, -0.25) is 4.79 Å². The lowest BCUT2D eigenvalue weighted by atomic mass is 10.2. The van der Waals surface area contributed by atoms with Crippen LogP contribution in [-0.2, 0) is 11.3 Å². The van der Waals surface area contributed by atoms with Gasteiger partial charge in [0.1, 0.15) is 0 Å². The second kappa shape index (κ2) is 4.57. The van der Waals surface area contributed by atoms with Crippen LogP contribution in [0.15, 0.2) is 23.1 Å². The number of nitrogens with two attached hydrogens (primary N) is 1. The fourth-order valence-electron chi connectivity index (χ4n) is 2.03. The Balaban J connectivity index is 1.62. The maximum Gasteiger partial charge on any atom is 0.234 e. The summed E-state index contributed by atoms with van der Waals surface area (Å²) >= 11 is 1.59. The molecule has 5 heteroatoms. The molecule has 1 amide bonds. The largest absolute Gasteiger partial charge is 0.324 e. The molecule has 1 saturated carbocycles. The van der Waals surface area contributed by atoms with E-state index >= 15 is 0 Å². The van der Waals surface area contributed by atoms with Gasteiger partial charge in [0.25, 0.3) is 0 Å². The van der Waals surface area contributed by atoms with Gasteiger partial charge in [-0.05, 0) is 30.5 Å². The highest BCUT2D eigenvalue weighted by molar-refractivity contribution is 8.00. The number of carbonyl (C=O) groups is 1. The van der Waals surface area contributed by atoms with Crippen LogP contribution >= 0.6 is 11.8 Å².